The SMILES string of the molecule is CCOC(=O)C1=C(N)Oc2ccccc2C12C(=O)N(C)C(C)=C2C(=O)OCCOC. The van der Waals surface area contributed by atoms with Crippen LogP contribution in [0, 0.1) is 0 Å². The first kappa shape index (κ1) is 21.4. The summed E-state index contributed by atoms with van der Waals surface area (Å²) < 4.78 is 21.1. The molecule has 1 atom stereocenters. The standard InChI is InChI=1S/C21H24N2O7/c1-5-28-19(25)16-17(22)30-14-9-7-6-8-13(14)21(16)15(12(2)23(3)20(21)26)18(24)29-11-10-27-4/h6-9H,5,10-11,22H2,1-4H3. The molecule has 0 bridgehead atoms. The molecule has 30 heavy (non-hydrogen) atoms. The second-order valence-electron chi connectivity index (χ2n) is 6.76. The third kappa shape index (κ3) is 3.02. The van der Waals surface area contributed by atoms with E-state index in [-0.39, 0.29) is 42.6 Å². The van der Waals surface area contributed by atoms with E-state index in [1.54, 1.807) is 38.1 Å². The Labute approximate surface area is 174 Å². The number of carbonyl (C=O) groups is 3. The summed E-state index contributed by atoms with van der Waals surface area (Å²) in [5.41, 5.74) is 4.68. The average molecular weight is 416 g/mol. The molecule has 1 aromatic rings. The van der Waals surface area contributed by atoms with Gasteiger partial charge in [-0.15, -0.1) is 0 Å². The van der Waals surface area contributed by atoms with Gasteiger partial charge in [-0.25, -0.2) is 9.59 Å². The van der Waals surface area contributed by atoms with Crippen LogP contribution in [0.2, 0.25) is 0 Å². The second-order valence-corrected chi connectivity index (χ2v) is 6.76. The Morgan fingerprint density at radius 2 is 1.80 bits per heavy atom. The number of fused-ring (bicyclic) bond motifs is 2. The number of ether oxygens (including phenoxy) is 4. The molecule has 9 nitrogen and oxygen atoms in total. The van der Waals surface area contributed by atoms with Crippen molar-refractivity contribution < 1.29 is 33.3 Å². The minimum absolute atomic E-state index is 0.00661. The van der Waals surface area contributed by atoms with Crippen molar-refractivity contribution in [1.29, 1.82) is 0 Å². The Morgan fingerprint density at radius 1 is 1.13 bits per heavy atom. The maximum atomic E-state index is 13.7. The molecule has 1 aromatic carbocycles. The molecule has 1 amide bonds. The van der Waals surface area contributed by atoms with Gasteiger partial charge in [0.2, 0.25) is 11.8 Å². The lowest BCUT2D eigenvalue weighted by Gasteiger charge is -2.36. The zero-order valence-electron chi connectivity index (χ0n) is 17.3. The largest absolute Gasteiger partial charge is 0.462 e. The lowest BCUT2D eigenvalue weighted by molar-refractivity contribution is -0.144. The molecule has 2 aliphatic heterocycles. The summed E-state index contributed by atoms with van der Waals surface area (Å²) in [7, 11) is 3.00. The second kappa shape index (κ2) is 8.19. The van der Waals surface area contributed by atoms with Crippen LogP contribution in [-0.4, -0.2) is 56.7 Å². The molecule has 0 radical (unpaired) electrons. The Hall–Kier alpha value is -3.33. The molecule has 0 fully saturated rings. The number of likely N-dealkylation sites (N-methyl/N-ethyl adjacent to an activating group) is 1. The lowest BCUT2D eigenvalue weighted by Crippen LogP contribution is -2.49. The van der Waals surface area contributed by atoms with E-state index in [1.807, 2.05) is 0 Å². The van der Waals surface area contributed by atoms with Gasteiger partial charge in [0.1, 0.15) is 23.3 Å². The van der Waals surface area contributed by atoms with Crippen molar-refractivity contribution in [3.05, 3.63) is 52.6 Å². The number of nitrogens with two attached hydrogens (primary N) is 1. The molecule has 2 N–H and O–H groups in total. The summed E-state index contributed by atoms with van der Waals surface area (Å²) in [6.45, 7) is 3.44. The number of hydrogen-bond acceptors (Lipinski definition) is 8. The molecule has 2 heterocycles. The Kier molecular flexibility index (Phi) is 5.84. The highest BCUT2D eigenvalue weighted by Crippen LogP contribution is 2.53. The van der Waals surface area contributed by atoms with Gasteiger partial charge in [-0.05, 0) is 19.9 Å². The summed E-state index contributed by atoms with van der Waals surface area (Å²) in [6.07, 6.45) is 0. The van der Waals surface area contributed by atoms with Crippen LogP contribution < -0.4 is 10.5 Å². The minimum atomic E-state index is -1.84. The molecule has 0 aromatic heterocycles. The maximum absolute atomic E-state index is 13.7. The molecule has 3 rings (SSSR count). The fraction of sp³-hybridized carbons (Fsp3) is 0.381. The van der Waals surface area contributed by atoms with Gasteiger partial charge in [0.05, 0.1) is 18.8 Å². The summed E-state index contributed by atoms with van der Waals surface area (Å²) in [5.74, 6) is -2.16. The van der Waals surface area contributed by atoms with Crippen molar-refractivity contribution in [3.8, 4) is 5.75 Å². The van der Waals surface area contributed by atoms with E-state index in [1.165, 1.54) is 19.1 Å². The topological polar surface area (TPSA) is 117 Å². The number of esters is 2. The highest BCUT2D eigenvalue weighted by Gasteiger charge is 2.63. The van der Waals surface area contributed by atoms with Crippen LogP contribution in [0.1, 0.15) is 19.4 Å². The van der Waals surface area contributed by atoms with E-state index < -0.39 is 23.3 Å². The fourth-order valence-corrected chi connectivity index (χ4v) is 3.83. The van der Waals surface area contributed by atoms with Crippen LogP contribution in [0.15, 0.2) is 47.0 Å². The first-order valence-electron chi connectivity index (χ1n) is 9.42. The maximum Gasteiger partial charge on any atom is 0.341 e. The molecule has 9 heteroatoms. The monoisotopic (exact) mass is 416 g/mol. The molecular formula is C21H24N2O7. The average Bonchev–Trinajstić information content (AvgIpc) is 2.90. The predicted molar refractivity (Wildman–Crippen MR) is 105 cm³/mol. The van der Waals surface area contributed by atoms with E-state index in [0.29, 0.717) is 11.3 Å². The van der Waals surface area contributed by atoms with E-state index in [4.69, 9.17) is 24.7 Å². The summed E-state index contributed by atoms with van der Waals surface area (Å²) in [4.78, 5) is 41.1. The van der Waals surface area contributed by atoms with Crippen molar-refractivity contribution in [1.82, 2.24) is 4.90 Å². The smallest absolute Gasteiger partial charge is 0.341 e. The van der Waals surface area contributed by atoms with E-state index >= 15 is 0 Å². The first-order valence-corrected chi connectivity index (χ1v) is 9.42. The molecular weight excluding hydrogens is 392 g/mol. The van der Waals surface area contributed by atoms with Crippen LogP contribution in [0.3, 0.4) is 0 Å². The Morgan fingerprint density at radius 3 is 2.47 bits per heavy atom. The zero-order valence-corrected chi connectivity index (χ0v) is 17.3. The summed E-state index contributed by atoms with van der Waals surface area (Å²) in [6, 6.07) is 6.61. The van der Waals surface area contributed by atoms with Crippen LogP contribution in [0.25, 0.3) is 0 Å². The number of nitrogens with zero attached hydrogens (tertiary/aromatic N) is 1. The van der Waals surface area contributed by atoms with Gasteiger partial charge in [-0.2, -0.15) is 0 Å². The van der Waals surface area contributed by atoms with E-state index in [9.17, 15) is 14.4 Å². The highest BCUT2D eigenvalue weighted by molar-refractivity contribution is 6.17. The third-order valence-electron chi connectivity index (χ3n) is 5.20. The third-order valence-corrected chi connectivity index (χ3v) is 5.20. The Balaban J connectivity index is 2.31. The van der Waals surface area contributed by atoms with Gasteiger partial charge in [-0.1, -0.05) is 18.2 Å². The Bertz CT molecular complexity index is 966. The molecule has 2 aliphatic rings. The fourth-order valence-electron chi connectivity index (χ4n) is 3.83. The van der Waals surface area contributed by atoms with Crippen molar-refractivity contribution >= 4 is 17.8 Å². The van der Waals surface area contributed by atoms with Gasteiger partial charge in [0, 0.05) is 25.4 Å². The van der Waals surface area contributed by atoms with Gasteiger partial charge < -0.3 is 29.6 Å². The van der Waals surface area contributed by atoms with Crippen LogP contribution >= 0.6 is 0 Å². The van der Waals surface area contributed by atoms with Gasteiger partial charge in [0.15, 0.2) is 0 Å². The van der Waals surface area contributed by atoms with Crippen molar-refractivity contribution in [2.75, 3.05) is 34.0 Å². The normalized spacial score (nSPS) is 20.4. The quantitative estimate of drug-likeness (QED) is 0.539. The van der Waals surface area contributed by atoms with Gasteiger partial charge >= 0.3 is 11.9 Å². The van der Waals surface area contributed by atoms with Crippen molar-refractivity contribution in [2.45, 2.75) is 19.3 Å². The molecule has 1 spiro atoms. The number of hydrogen-bond donors (Lipinski definition) is 1. The molecule has 0 aliphatic carbocycles. The van der Waals surface area contributed by atoms with Crippen LogP contribution in [0.4, 0.5) is 0 Å². The zero-order chi connectivity index (χ0) is 22.1. The minimum Gasteiger partial charge on any atom is -0.462 e. The molecule has 1 unspecified atom stereocenters. The van der Waals surface area contributed by atoms with E-state index in [2.05, 4.69) is 0 Å². The number of amides is 1. The van der Waals surface area contributed by atoms with E-state index in [0.717, 1.165) is 0 Å². The molecule has 160 valence electrons. The highest BCUT2D eigenvalue weighted by atomic mass is 16.6. The number of rotatable bonds is 6. The van der Waals surface area contributed by atoms with Crippen LogP contribution in [-0.2, 0) is 34.0 Å². The number of benzene rings is 1. The van der Waals surface area contributed by atoms with Crippen LogP contribution in [0.5, 0.6) is 5.75 Å². The number of carbonyl (C=O) groups excluding carboxylic acids is 3. The summed E-state index contributed by atoms with van der Waals surface area (Å²) >= 11 is 0. The number of methoxy groups -OCH3 is 1. The summed E-state index contributed by atoms with van der Waals surface area (Å²) in [5, 5.41) is 0. The van der Waals surface area contributed by atoms with Crippen molar-refractivity contribution in [3.63, 3.8) is 0 Å². The van der Waals surface area contributed by atoms with Crippen molar-refractivity contribution in [2.24, 2.45) is 5.73 Å². The number of para-hydroxylation sites is 1. The van der Waals surface area contributed by atoms with Gasteiger partial charge in [0.25, 0.3) is 0 Å². The predicted octanol–water partition coefficient (Wildman–Crippen LogP) is 0.986. The first-order chi connectivity index (χ1) is 14.3. The number of allylic oxidation sites excluding steroid dienone is 1. The van der Waals surface area contributed by atoms with Gasteiger partial charge in [-0.3, -0.25) is 4.79 Å². The molecule has 0 saturated carbocycles. The molecule has 0 saturated heterocycles. The lowest BCUT2D eigenvalue weighted by atomic mass is 9.67.